The van der Waals surface area contributed by atoms with Gasteiger partial charge in [0.05, 0.1) is 17.7 Å². The number of ether oxygens (including phenoxy) is 1. The third-order valence-electron chi connectivity index (χ3n) is 5.14. The Morgan fingerprint density at radius 1 is 1.03 bits per heavy atom. The summed E-state index contributed by atoms with van der Waals surface area (Å²) in [6, 6.07) is 11.6. The Morgan fingerprint density at radius 2 is 1.80 bits per heavy atom. The SMILES string of the molecule is COC(=O)c1ccc(C(=O)Nc2ccc(Cl)c(-c3nnc4n3CCCCC4)c2)cc1. The van der Waals surface area contributed by atoms with Gasteiger partial charge in [0.15, 0.2) is 5.82 Å². The summed E-state index contributed by atoms with van der Waals surface area (Å²) in [4.78, 5) is 24.2. The molecular weight excluding hydrogens is 404 g/mol. The zero-order valence-electron chi connectivity index (χ0n) is 16.5. The molecule has 4 rings (SSSR count). The van der Waals surface area contributed by atoms with E-state index in [1.165, 1.54) is 13.5 Å². The van der Waals surface area contributed by atoms with Crippen LogP contribution in [0.3, 0.4) is 0 Å². The third-order valence-corrected chi connectivity index (χ3v) is 5.47. The molecule has 2 aromatic carbocycles. The van der Waals surface area contributed by atoms with E-state index >= 15 is 0 Å². The van der Waals surface area contributed by atoms with Gasteiger partial charge in [-0.05, 0) is 55.3 Å². The van der Waals surface area contributed by atoms with E-state index in [0.717, 1.165) is 43.0 Å². The molecule has 0 spiro atoms. The lowest BCUT2D eigenvalue weighted by Crippen LogP contribution is -2.12. The number of hydrogen-bond donors (Lipinski definition) is 1. The molecule has 1 aliphatic heterocycles. The van der Waals surface area contributed by atoms with Crippen molar-refractivity contribution in [3.8, 4) is 11.4 Å². The normalized spacial score (nSPS) is 13.3. The fourth-order valence-electron chi connectivity index (χ4n) is 3.54. The molecule has 3 aromatic rings. The molecule has 0 atom stereocenters. The topological polar surface area (TPSA) is 86.1 Å². The lowest BCUT2D eigenvalue weighted by Gasteiger charge is -2.11. The first-order valence-corrected chi connectivity index (χ1v) is 10.2. The maximum Gasteiger partial charge on any atom is 0.337 e. The minimum absolute atomic E-state index is 0.292. The van der Waals surface area contributed by atoms with Crippen LogP contribution >= 0.6 is 11.6 Å². The lowest BCUT2D eigenvalue weighted by molar-refractivity contribution is 0.0600. The summed E-state index contributed by atoms with van der Waals surface area (Å²) in [5.74, 6) is 0.950. The molecule has 1 amide bonds. The number of fused-ring (bicyclic) bond motifs is 1. The van der Waals surface area contributed by atoms with Gasteiger partial charge in [0.1, 0.15) is 5.82 Å². The molecule has 0 saturated carbocycles. The highest BCUT2D eigenvalue weighted by molar-refractivity contribution is 6.33. The summed E-state index contributed by atoms with van der Waals surface area (Å²) in [5, 5.41) is 12.1. The average molecular weight is 425 g/mol. The summed E-state index contributed by atoms with van der Waals surface area (Å²) >= 11 is 6.45. The summed E-state index contributed by atoms with van der Waals surface area (Å²) in [6.45, 7) is 0.858. The number of esters is 1. The van der Waals surface area contributed by atoms with Crippen molar-refractivity contribution in [1.82, 2.24) is 14.8 Å². The van der Waals surface area contributed by atoms with Crippen molar-refractivity contribution < 1.29 is 14.3 Å². The standard InChI is InChI=1S/C22H21ClN4O3/c1-30-22(29)15-8-6-14(7-9-15)21(28)24-16-10-11-18(23)17(13-16)20-26-25-19-5-3-2-4-12-27(19)20/h6-11,13H,2-5,12H2,1H3,(H,24,28). The number of rotatable bonds is 4. The molecule has 2 heterocycles. The fourth-order valence-corrected chi connectivity index (χ4v) is 3.74. The molecule has 0 fully saturated rings. The van der Waals surface area contributed by atoms with Crippen LogP contribution in [0.5, 0.6) is 0 Å². The first-order chi connectivity index (χ1) is 14.6. The van der Waals surface area contributed by atoms with Crippen LogP contribution in [0.25, 0.3) is 11.4 Å². The molecule has 1 aliphatic rings. The molecule has 8 heteroatoms. The van der Waals surface area contributed by atoms with Crippen LogP contribution in [-0.2, 0) is 17.7 Å². The number of benzene rings is 2. The van der Waals surface area contributed by atoms with Gasteiger partial charge in [-0.15, -0.1) is 10.2 Å². The van der Waals surface area contributed by atoms with E-state index in [1.807, 2.05) is 6.07 Å². The number of hydrogen-bond acceptors (Lipinski definition) is 5. The van der Waals surface area contributed by atoms with Crippen LogP contribution in [-0.4, -0.2) is 33.8 Å². The fraction of sp³-hybridized carbons (Fsp3) is 0.273. The number of carbonyl (C=O) groups is 2. The van der Waals surface area contributed by atoms with Crippen LogP contribution in [0.15, 0.2) is 42.5 Å². The van der Waals surface area contributed by atoms with E-state index < -0.39 is 5.97 Å². The monoisotopic (exact) mass is 424 g/mol. The molecular formula is C22H21ClN4O3. The van der Waals surface area contributed by atoms with Gasteiger partial charge >= 0.3 is 5.97 Å². The number of nitrogens with one attached hydrogen (secondary N) is 1. The van der Waals surface area contributed by atoms with Crippen molar-refractivity contribution in [3.05, 3.63) is 64.4 Å². The quantitative estimate of drug-likeness (QED) is 0.628. The number of halogens is 1. The predicted molar refractivity (Wildman–Crippen MR) is 114 cm³/mol. The third kappa shape index (κ3) is 4.07. The maximum atomic E-state index is 12.6. The van der Waals surface area contributed by atoms with Gasteiger partial charge < -0.3 is 14.6 Å². The summed E-state index contributed by atoms with van der Waals surface area (Å²) < 4.78 is 6.79. The van der Waals surface area contributed by atoms with E-state index in [0.29, 0.717) is 21.8 Å². The molecule has 0 saturated heterocycles. The zero-order chi connectivity index (χ0) is 21.1. The van der Waals surface area contributed by atoms with E-state index in [2.05, 4.69) is 24.8 Å². The van der Waals surface area contributed by atoms with Gasteiger partial charge in [-0.2, -0.15) is 0 Å². The zero-order valence-corrected chi connectivity index (χ0v) is 17.3. The van der Waals surface area contributed by atoms with Crippen molar-refractivity contribution in [1.29, 1.82) is 0 Å². The number of amides is 1. The summed E-state index contributed by atoms with van der Waals surface area (Å²) in [7, 11) is 1.31. The number of methoxy groups -OCH3 is 1. The molecule has 1 N–H and O–H groups in total. The number of aromatic nitrogens is 3. The average Bonchev–Trinajstić information content (AvgIpc) is 3.02. The summed E-state index contributed by atoms with van der Waals surface area (Å²) in [6.07, 6.45) is 4.26. The van der Waals surface area contributed by atoms with Crippen molar-refractivity contribution in [2.45, 2.75) is 32.2 Å². The highest BCUT2D eigenvalue weighted by Crippen LogP contribution is 2.31. The Labute approximate surface area is 179 Å². The molecule has 30 heavy (non-hydrogen) atoms. The number of carbonyl (C=O) groups excluding carboxylic acids is 2. The molecule has 1 aromatic heterocycles. The minimum Gasteiger partial charge on any atom is -0.465 e. The van der Waals surface area contributed by atoms with E-state index in [9.17, 15) is 9.59 Å². The van der Waals surface area contributed by atoms with E-state index in [4.69, 9.17) is 11.6 Å². The maximum absolute atomic E-state index is 12.6. The van der Waals surface area contributed by atoms with Gasteiger partial charge in [0.2, 0.25) is 0 Å². The Kier molecular flexibility index (Phi) is 5.81. The van der Waals surface area contributed by atoms with Crippen LogP contribution in [0.2, 0.25) is 5.02 Å². The summed E-state index contributed by atoms with van der Waals surface area (Å²) in [5.41, 5.74) is 2.14. The number of anilines is 1. The molecule has 7 nitrogen and oxygen atoms in total. The first-order valence-electron chi connectivity index (χ1n) is 9.78. The molecule has 154 valence electrons. The lowest BCUT2D eigenvalue weighted by atomic mass is 10.1. The second-order valence-corrected chi connectivity index (χ2v) is 7.53. The van der Waals surface area contributed by atoms with Crippen LogP contribution in [0.1, 0.15) is 45.8 Å². The van der Waals surface area contributed by atoms with E-state index in [1.54, 1.807) is 36.4 Å². The largest absolute Gasteiger partial charge is 0.465 e. The molecule has 0 unspecified atom stereocenters. The Morgan fingerprint density at radius 3 is 2.57 bits per heavy atom. The smallest absolute Gasteiger partial charge is 0.337 e. The van der Waals surface area contributed by atoms with Gasteiger partial charge in [-0.3, -0.25) is 4.79 Å². The minimum atomic E-state index is -0.447. The number of nitrogens with zero attached hydrogens (tertiary/aromatic N) is 3. The Bertz CT molecular complexity index is 1090. The van der Waals surface area contributed by atoms with Gasteiger partial charge in [-0.1, -0.05) is 18.0 Å². The Hall–Kier alpha value is -3.19. The Balaban J connectivity index is 1.57. The highest BCUT2D eigenvalue weighted by atomic mass is 35.5. The van der Waals surface area contributed by atoms with Crippen molar-refractivity contribution in [2.24, 2.45) is 0 Å². The number of aryl methyl sites for hydroxylation is 1. The molecule has 0 radical (unpaired) electrons. The van der Waals surface area contributed by atoms with Crippen molar-refractivity contribution in [2.75, 3.05) is 12.4 Å². The van der Waals surface area contributed by atoms with Gasteiger partial charge in [-0.25, -0.2) is 4.79 Å². The van der Waals surface area contributed by atoms with Crippen LogP contribution < -0.4 is 5.32 Å². The van der Waals surface area contributed by atoms with Gasteiger partial charge in [0.25, 0.3) is 5.91 Å². The first kappa shape index (κ1) is 20.1. The predicted octanol–water partition coefficient (Wildman–Crippen LogP) is 4.36. The van der Waals surface area contributed by atoms with Gasteiger partial charge in [0, 0.05) is 29.8 Å². The van der Waals surface area contributed by atoms with E-state index in [-0.39, 0.29) is 5.91 Å². The second-order valence-electron chi connectivity index (χ2n) is 7.12. The molecule has 0 bridgehead atoms. The second kappa shape index (κ2) is 8.67. The molecule has 0 aliphatic carbocycles. The van der Waals surface area contributed by atoms with Crippen molar-refractivity contribution >= 4 is 29.2 Å². The van der Waals surface area contributed by atoms with Crippen molar-refractivity contribution in [3.63, 3.8) is 0 Å². The van der Waals surface area contributed by atoms with Crippen LogP contribution in [0.4, 0.5) is 5.69 Å². The van der Waals surface area contributed by atoms with Crippen LogP contribution in [0, 0.1) is 0 Å². The highest BCUT2D eigenvalue weighted by Gasteiger charge is 2.19.